The van der Waals surface area contributed by atoms with Crippen molar-refractivity contribution in [1.82, 2.24) is 0 Å². The van der Waals surface area contributed by atoms with Crippen LogP contribution in [0.5, 0.6) is 0 Å². The van der Waals surface area contributed by atoms with E-state index >= 15 is 0 Å². The first-order chi connectivity index (χ1) is 6.15. The van der Waals surface area contributed by atoms with Gasteiger partial charge in [-0.2, -0.15) is 0 Å². The molecule has 0 saturated heterocycles. The van der Waals surface area contributed by atoms with Crippen LogP contribution in [0.3, 0.4) is 0 Å². The van der Waals surface area contributed by atoms with Gasteiger partial charge in [0.05, 0.1) is 5.56 Å². The van der Waals surface area contributed by atoms with Crippen molar-refractivity contribution in [2.75, 3.05) is 0 Å². The molecular weight excluding hydrogens is 184 g/mol. The van der Waals surface area contributed by atoms with Gasteiger partial charge >= 0.3 is 5.97 Å². The zero-order chi connectivity index (χ0) is 10.4. The molecule has 0 fully saturated rings. The van der Waals surface area contributed by atoms with Crippen molar-refractivity contribution < 1.29 is 9.90 Å². The molecule has 1 N–H and O–H groups in total. The molecule has 0 aromatic carbocycles. The third-order valence-electron chi connectivity index (χ3n) is 1.48. The average Bonchev–Trinajstić information content (AvgIpc) is 2.50. The predicted octanol–water partition coefficient (Wildman–Crippen LogP) is 3.34. The van der Waals surface area contributed by atoms with Crippen molar-refractivity contribution in [2.45, 2.75) is 34.1 Å². The van der Waals surface area contributed by atoms with Gasteiger partial charge in [-0.1, -0.05) is 20.8 Å². The van der Waals surface area contributed by atoms with Crippen LogP contribution in [0.1, 0.15) is 40.9 Å². The summed E-state index contributed by atoms with van der Waals surface area (Å²) in [5, 5.41) is 8.72. The SMILES string of the molecule is CC.CCc1sc(C)cc1C(=O)O. The highest BCUT2D eigenvalue weighted by Crippen LogP contribution is 2.21. The number of carboxylic acid groups (broad SMARTS) is 1. The number of aromatic carboxylic acids is 1. The Hall–Kier alpha value is -0.830. The van der Waals surface area contributed by atoms with Crippen LogP contribution in [0.15, 0.2) is 6.07 Å². The molecule has 0 aliphatic heterocycles. The van der Waals surface area contributed by atoms with E-state index < -0.39 is 5.97 Å². The quantitative estimate of drug-likeness (QED) is 0.795. The molecule has 1 aromatic rings. The van der Waals surface area contributed by atoms with Crippen LogP contribution in [0.4, 0.5) is 0 Å². The van der Waals surface area contributed by atoms with Crippen LogP contribution in [0, 0.1) is 6.92 Å². The van der Waals surface area contributed by atoms with Crippen molar-refractivity contribution in [3.05, 3.63) is 21.4 Å². The lowest BCUT2D eigenvalue weighted by Crippen LogP contribution is -1.96. The highest BCUT2D eigenvalue weighted by atomic mass is 32.1. The zero-order valence-corrected chi connectivity index (χ0v) is 9.36. The summed E-state index contributed by atoms with van der Waals surface area (Å²) >= 11 is 1.56. The van der Waals surface area contributed by atoms with Gasteiger partial charge in [-0.3, -0.25) is 0 Å². The second-order valence-electron chi connectivity index (χ2n) is 2.35. The van der Waals surface area contributed by atoms with E-state index in [2.05, 4.69) is 0 Å². The van der Waals surface area contributed by atoms with Gasteiger partial charge in [0, 0.05) is 9.75 Å². The highest BCUT2D eigenvalue weighted by Gasteiger charge is 2.10. The molecule has 0 spiro atoms. The molecule has 0 unspecified atom stereocenters. The Balaban J connectivity index is 0.000000671. The maximum atomic E-state index is 10.6. The van der Waals surface area contributed by atoms with Crippen LogP contribution < -0.4 is 0 Å². The fraction of sp³-hybridized carbons (Fsp3) is 0.500. The third kappa shape index (κ3) is 3.19. The van der Waals surface area contributed by atoms with E-state index in [1.165, 1.54) is 0 Å². The third-order valence-corrected chi connectivity index (χ3v) is 2.68. The number of carboxylic acids is 1. The van der Waals surface area contributed by atoms with E-state index in [9.17, 15) is 4.79 Å². The van der Waals surface area contributed by atoms with E-state index in [4.69, 9.17) is 5.11 Å². The predicted molar refractivity (Wildman–Crippen MR) is 56.7 cm³/mol. The monoisotopic (exact) mass is 200 g/mol. The number of rotatable bonds is 2. The van der Waals surface area contributed by atoms with Crippen LogP contribution in [-0.2, 0) is 6.42 Å². The van der Waals surface area contributed by atoms with E-state index in [1.54, 1.807) is 17.4 Å². The van der Waals surface area contributed by atoms with Crippen molar-refractivity contribution in [3.8, 4) is 0 Å². The number of thiophene rings is 1. The Labute approximate surface area is 83.2 Å². The largest absolute Gasteiger partial charge is 0.478 e. The van der Waals surface area contributed by atoms with Crippen LogP contribution in [0.25, 0.3) is 0 Å². The Kier molecular flexibility index (Phi) is 5.39. The second-order valence-corrected chi connectivity index (χ2v) is 3.69. The van der Waals surface area contributed by atoms with E-state index in [1.807, 2.05) is 27.7 Å². The normalized spacial score (nSPS) is 8.92. The van der Waals surface area contributed by atoms with Gasteiger partial charge < -0.3 is 5.11 Å². The Morgan fingerprint density at radius 3 is 2.38 bits per heavy atom. The summed E-state index contributed by atoms with van der Waals surface area (Å²) in [5.74, 6) is -0.814. The summed E-state index contributed by atoms with van der Waals surface area (Å²) in [6.45, 7) is 7.90. The summed E-state index contributed by atoms with van der Waals surface area (Å²) in [6, 6.07) is 1.73. The summed E-state index contributed by atoms with van der Waals surface area (Å²) < 4.78 is 0. The Morgan fingerprint density at radius 2 is 2.08 bits per heavy atom. The average molecular weight is 200 g/mol. The minimum Gasteiger partial charge on any atom is -0.478 e. The molecule has 0 atom stereocenters. The lowest BCUT2D eigenvalue weighted by atomic mass is 10.2. The molecule has 1 heterocycles. The van der Waals surface area contributed by atoms with Gasteiger partial charge in [0.15, 0.2) is 0 Å². The lowest BCUT2D eigenvalue weighted by Gasteiger charge is -1.91. The molecule has 1 rings (SSSR count). The topological polar surface area (TPSA) is 37.3 Å². The number of hydrogen-bond acceptors (Lipinski definition) is 2. The van der Waals surface area contributed by atoms with Crippen LogP contribution in [-0.4, -0.2) is 11.1 Å². The molecule has 74 valence electrons. The molecule has 0 aliphatic carbocycles. The first-order valence-corrected chi connectivity index (χ1v) is 5.29. The Morgan fingerprint density at radius 1 is 1.54 bits per heavy atom. The van der Waals surface area contributed by atoms with E-state index in [-0.39, 0.29) is 0 Å². The van der Waals surface area contributed by atoms with Crippen molar-refractivity contribution in [3.63, 3.8) is 0 Å². The molecule has 1 aromatic heterocycles. The lowest BCUT2D eigenvalue weighted by molar-refractivity contribution is 0.0696. The van der Waals surface area contributed by atoms with Crippen molar-refractivity contribution >= 4 is 17.3 Å². The van der Waals surface area contributed by atoms with Crippen LogP contribution in [0.2, 0.25) is 0 Å². The molecular formula is C10H16O2S. The molecule has 3 heteroatoms. The molecule has 2 nitrogen and oxygen atoms in total. The van der Waals surface area contributed by atoms with Gasteiger partial charge in [-0.25, -0.2) is 4.79 Å². The van der Waals surface area contributed by atoms with E-state index in [0.29, 0.717) is 5.56 Å². The molecule has 0 saturated carbocycles. The van der Waals surface area contributed by atoms with Gasteiger partial charge in [0.1, 0.15) is 0 Å². The van der Waals surface area contributed by atoms with Gasteiger partial charge in [0.2, 0.25) is 0 Å². The van der Waals surface area contributed by atoms with Gasteiger partial charge in [0.25, 0.3) is 0 Å². The summed E-state index contributed by atoms with van der Waals surface area (Å²) in [5.41, 5.74) is 0.468. The first-order valence-electron chi connectivity index (χ1n) is 4.47. The molecule has 0 aliphatic rings. The standard InChI is InChI=1S/C8H10O2S.C2H6/c1-3-7-6(8(9)10)4-5(2)11-7;1-2/h4H,3H2,1-2H3,(H,9,10);1-2H3. The second kappa shape index (κ2) is 5.75. The van der Waals surface area contributed by atoms with E-state index in [0.717, 1.165) is 16.2 Å². The van der Waals surface area contributed by atoms with Crippen molar-refractivity contribution in [1.29, 1.82) is 0 Å². The molecule has 0 bridgehead atoms. The summed E-state index contributed by atoms with van der Waals surface area (Å²) in [6.07, 6.45) is 0.806. The fourth-order valence-electron chi connectivity index (χ4n) is 1.01. The van der Waals surface area contributed by atoms with Crippen LogP contribution >= 0.6 is 11.3 Å². The highest BCUT2D eigenvalue weighted by molar-refractivity contribution is 7.12. The summed E-state index contributed by atoms with van der Waals surface area (Å²) in [7, 11) is 0. The fourth-order valence-corrected chi connectivity index (χ4v) is 1.97. The smallest absolute Gasteiger partial charge is 0.336 e. The minimum absolute atomic E-state index is 0.468. The summed E-state index contributed by atoms with van der Waals surface area (Å²) in [4.78, 5) is 12.6. The van der Waals surface area contributed by atoms with Crippen molar-refractivity contribution in [2.24, 2.45) is 0 Å². The number of hydrogen-bond donors (Lipinski definition) is 1. The molecule has 0 amide bonds. The zero-order valence-electron chi connectivity index (χ0n) is 8.55. The first kappa shape index (κ1) is 12.2. The molecule has 0 radical (unpaired) electrons. The maximum absolute atomic E-state index is 10.6. The molecule has 13 heavy (non-hydrogen) atoms. The number of aryl methyl sites for hydroxylation is 2. The van der Waals surface area contributed by atoms with Gasteiger partial charge in [-0.05, 0) is 19.4 Å². The number of carbonyl (C=O) groups is 1. The maximum Gasteiger partial charge on any atom is 0.336 e. The Bertz CT molecular complexity index is 276. The minimum atomic E-state index is -0.814. The van der Waals surface area contributed by atoms with Gasteiger partial charge in [-0.15, -0.1) is 11.3 Å².